The zero-order chi connectivity index (χ0) is 22.5. The second kappa shape index (κ2) is 9.87. The van der Waals surface area contributed by atoms with E-state index in [9.17, 15) is 4.79 Å². The van der Waals surface area contributed by atoms with E-state index in [1.165, 1.54) is 6.21 Å². The Balaban J connectivity index is 1.54. The number of hydrogen-bond acceptors (Lipinski definition) is 5. The molecule has 8 heteroatoms. The molecule has 7 nitrogen and oxygen atoms in total. The summed E-state index contributed by atoms with van der Waals surface area (Å²) in [6.07, 6.45) is 4.27. The molecule has 0 saturated carbocycles. The van der Waals surface area contributed by atoms with Crippen molar-refractivity contribution in [2.24, 2.45) is 5.10 Å². The maximum absolute atomic E-state index is 12.8. The first-order valence-corrected chi connectivity index (χ1v) is 11.1. The van der Waals surface area contributed by atoms with Crippen LogP contribution >= 0.6 is 11.6 Å². The Hall–Kier alpha value is -3.32. The normalized spacial score (nSPS) is 12.7. The van der Waals surface area contributed by atoms with Crippen LogP contribution in [0.5, 0.6) is 11.5 Å². The Labute approximate surface area is 192 Å². The highest BCUT2D eigenvalue weighted by molar-refractivity contribution is 6.32. The molecule has 32 heavy (non-hydrogen) atoms. The zero-order valence-electron chi connectivity index (χ0n) is 18.1. The topological polar surface area (TPSA) is 77.7 Å². The number of nitrogens with one attached hydrogen (secondary N) is 1. The Bertz CT molecular complexity index is 1140. The molecule has 2 aromatic carbocycles. The Morgan fingerprint density at radius 1 is 1.19 bits per heavy atom. The fourth-order valence-corrected chi connectivity index (χ4v) is 4.10. The molecule has 0 spiro atoms. The minimum Gasteiger partial charge on any atom is -0.490 e. The maximum atomic E-state index is 12.8. The molecule has 0 bridgehead atoms. The summed E-state index contributed by atoms with van der Waals surface area (Å²) in [5.74, 6) is 0.699. The van der Waals surface area contributed by atoms with Crippen LogP contribution in [-0.4, -0.2) is 35.1 Å². The lowest BCUT2D eigenvalue weighted by Gasteiger charge is -2.13. The van der Waals surface area contributed by atoms with E-state index in [-0.39, 0.29) is 5.91 Å². The minimum atomic E-state index is -0.337. The number of amides is 1. The fraction of sp³-hybridized carbons (Fsp3) is 0.292. The van der Waals surface area contributed by atoms with Gasteiger partial charge in [-0.05, 0) is 62.9 Å². The van der Waals surface area contributed by atoms with Gasteiger partial charge in [-0.15, -0.1) is 0 Å². The number of fused-ring (bicyclic) bond motifs is 1. The van der Waals surface area contributed by atoms with E-state index in [1.54, 1.807) is 12.1 Å². The number of hydrogen-bond donors (Lipinski definition) is 1. The predicted molar refractivity (Wildman–Crippen MR) is 124 cm³/mol. The lowest BCUT2D eigenvalue weighted by Crippen LogP contribution is -2.20. The van der Waals surface area contributed by atoms with Gasteiger partial charge in [0.05, 0.1) is 30.1 Å². The van der Waals surface area contributed by atoms with Gasteiger partial charge in [-0.3, -0.25) is 4.79 Å². The van der Waals surface area contributed by atoms with Gasteiger partial charge in [0.25, 0.3) is 5.91 Å². The smallest absolute Gasteiger partial charge is 0.292 e. The van der Waals surface area contributed by atoms with Gasteiger partial charge in [0.15, 0.2) is 17.2 Å². The number of ether oxygens (including phenoxy) is 2. The molecule has 1 aliphatic rings. The molecule has 0 atom stereocenters. The number of halogens is 1. The highest BCUT2D eigenvalue weighted by Gasteiger charge is 2.26. The van der Waals surface area contributed by atoms with Gasteiger partial charge in [0.2, 0.25) is 0 Å². The molecule has 166 valence electrons. The van der Waals surface area contributed by atoms with E-state index in [0.29, 0.717) is 41.0 Å². The summed E-state index contributed by atoms with van der Waals surface area (Å²) >= 11 is 6.34. The van der Waals surface area contributed by atoms with Crippen molar-refractivity contribution >= 4 is 23.7 Å². The van der Waals surface area contributed by atoms with Crippen LogP contribution in [-0.2, 0) is 12.8 Å². The van der Waals surface area contributed by atoms with E-state index >= 15 is 0 Å². The van der Waals surface area contributed by atoms with Crippen LogP contribution < -0.4 is 14.9 Å². The summed E-state index contributed by atoms with van der Waals surface area (Å²) in [5, 5.41) is 9.12. The second-order valence-electron chi connectivity index (χ2n) is 7.27. The van der Waals surface area contributed by atoms with Crippen LogP contribution in [0.4, 0.5) is 0 Å². The Morgan fingerprint density at radius 2 is 1.97 bits per heavy atom. The molecule has 3 aromatic rings. The van der Waals surface area contributed by atoms with E-state index in [4.69, 9.17) is 21.1 Å². The molecule has 4 rings (SSSR count). The Kier molecular flexibility index (Phi) is 6.75. The fourth-order valence-electron chi connectivity index (χ4n) is 3.83. The molecular formula is C24H25ClN4O3. The summed E-state index contributed by atoms with van der Waals surface area (Å²) in [4.78, 5) is 12.8. The number of carbonyl (C=O) groups is 1. The van der Waals surface area contributed by atoms with Crippen molar-refractivity contribution < 1.29 is 14.3 Å². The third kappa shape index (κ3) is 4.48. The van der Waals surface area contributed by atoms with Crippen LogP contribution in [0.1, 0.15) is 47.6 Å². The summed E-state index contributed by atoms with van der Waals surface area (Å²) in [5.41, 5.74) is 6.71. The maximum Gasteiger partial charge on any atom is 0.292 e. The van der Waals surface area contributed by atoms with Crippen LogP contribution in [0.3, 0.4) is 0 Å². The molecule has 1 heterocycles. The predicted octanol–water partition coefficient (Wildman–Crippen LogP) is 4.58. The van der Waals surface area contributed by atoms with Gasteiger partial charge >= 0.3 is 0 Å². The van der Waals surface area contributed by atoms with Gasteiger partial charge in [-0.25, -0.2) is 10.1 Å². The van der Waals surface area contributed by atoms with Crippen molar-refractivity contribution in [3.8, 4) is 17.2 Å². The monoisotopic (exact) mass is 452 g/mol. The minimum absolute atomic E-state index is 0.337. The van der Waals surface area contributed by atoms with Gasteiger partial charge in [-0.1, -0.05) is 29.8 Å². The van der Waals surface area contributed by atoms with Crippen molar-refractivity contribution in [2.75, 3.05) is 13.2 Å². The third-order valence-corrected chi connectivity index (χ3v) is 5.43. The zero-order valence-corrected chi connectivity index (χ0v) is 18.9. The largest absolute Gasteiger partial charge is 0.490 e. The van der Waals surface area contributed by atoms with Crippen LogP contribution in [0.2, 0.25) is 5.02 Å². The van der Waals surface area contributed by atoms with E-state index in [0.717, 1.165) is 36.2 Å². The van der Waals surface area contributed by atoms with E-state index in [2.05, 4.69) is 15.6 Å². The first-order valence-electron chi connectivity index (χ1n) is 10.7. The average molecular weight is 453 g/mol. The van der Waals surface area contributed by atoms with E-state index in [1.807, 2.05) is 48.9 Å². The van der Waals surface area contributed by atoms with Crippen molar-refractivity contribution in [1.82, 2.24) is 15.2 Å². The second-order valence-corrected chi connectivity index (χ2v) is 7.68. The number of hydrazone groups is 1. The quantitative estimate of drug-likeness (QED) is 0.401. The third-order valence-electron chi connectivity index (χ3n) is 5.15. The first kappa shape index (κ1) is 21.9. The molecule has 1 aliphatic carbocycles. The van der Waals surface area contributed by atoms with Crippen molar-refractivity contribution in [1.29, 1.82) is 0 Å². The Morgan fingerprint density at radius 3 is 2.72 bits per heavy atom. The average Bonchev–Trinajstić information content (AvgIpc) is 3.40. The molecular weight excluding hydrogens is 428 g/mol. The van der Waals surface area contributed by atoms with Gasteiger partial charge in [0, 0.05) is 11.3 Å². The highest BCUT2D eigenvalue weighted by atomic mass is 35.5. The lowest BCUT2D eigenvalue weighted by molar-refractivity contribution is 0.0949. The number of aromatic nitrogens is 2. The van der Waals surface area contributed by atoms with E-state index < -0.39 is 0 Å². The molecule has 0 saturated heterocycles. The molecule has 0 aliphatic heterocycles. The number of carbonyl (C=O) groups excluding carboxylic acids is 1. The molecule has 0 fully saturated rings. The van der Waals surface area contributed by atoms with Crippen LogP contribution in [0.25, 0.3) is 5.69 Å². The van der Waals surface area contributed by atoms with Gasteiger partial charge in [0.1, 0.15) is 0 Å². The summed E-state index contributed by atoms with van der Waals surface area (Å²) in [6.45, 7) is 4.72. The summed E-state index contributed by atoms with van der Waals surface area (Å²) in [7, 11) is 0. The number of nitrogens with zero attached hydrogens (tertiary/aromatic N) is 3. The molecule has 1 N–H and O–H groups in total. The SMILES string of the molecule is CCOc1cc(/C=N/NC(=O)c2nn(-c3ccccc3)c3c2CCC3)cc(Cl)c1OCC. The van der Waals surface area contributed by atoms with Crippen molar-refractivity contribution in [3.63, 3.8) is 0 Å². The van der Waals surface area contributed by atoms with Crippen LogP contribution in [0, 0.1) is 0 Å². The number of rotatable bonds is 8. The summed E-state index contributed by atoms with van der Waals surface area (Å²) in [6, 6.07) is 13.3. The molecule has 0 unspecified atom stereocenters. The lowest BCUT2D eigenvalue weighted by atomic mass is 10.2. The first-order chi connectivity index (χ1) is 15.6. The standard InChI is InChI=1S/C24H25ClN4O3/c1-3-31-21-14-16(13-19(25)23(21)32-4-2)15-26-27-24(30)22-18-11-8-12-20(18)29(28-22)17-9-6-5-7-10-17/h5-7,9-10,13-15H,3-4,8,11-12H2,1-2H3,(H,27,30)/b26-15+. The molecule has 1 aromatic heterocycles. The van der Waals surface area contributed by atoms with Gasteiger partial charge in [-0.2, -0.15) is 10.2 Å². The number of benzene rings is 2. The van der Waals surface area contributed by atoms with Crippen molar-refractivity contribution in [2.45, 2.75) is 33.1 Å². The highest BCUT2D eigenvalue weighted by Crippen LogP contribution is 2.36. The van der Waals surface area contributed by atoms with Crippen molar-refractivity contribution in [3.05, 3.63) is 70.0 Å². The molecule has 0 radical (unpaired) electrons. The molecule has 1 amide bonds. The van der Waals surface area contributed by atoms with Crippen LogP contribution in [0.15, 0.2) is 47.6 Å². The summed E-state index contributed by atoms with van der Waals surface area (Å²) < 4.78 is 13.1. The van der Waals surface area contributed by atoms with Gasteiger partial charge < -0.3 is 9.47 Å². The number of para-hydroxylation sites is 1.